The van der Waals surface area contributed by atoms with Crippen LogP contribution in [0.15, 0.2) is 84.3 Å². The lowest BCUT2D eigenvalue weighted by molar-refractivity contribution is 0.102. The lowest BCUT2D eigenvalue weighted by Gasteiger charge is -2.10. The number of aromatic nitrogens is 4. The van der Waals surface area contributed by atoms with E-state index in [-0.39, 0.29) is 11.5 Å². The largest absolute Gasteiger partial charge is 0.497 e. The first-order valence-corrected chi connectivity index (χ1v) is 9.96. The standard InChI is InChI=1S/C22H18N4O2S/c1-28-19-9-5-6-17(14-19)20(27)15-29-22-25-24-21(16-10-12-23-13-11-16)26(22)18-7-3-2-4-8-18/h2-14H,15H2,1H3. The molecule has 2 aromatic carbocycles. The smallest absolute Gasteiger partial charge is 0.196 e. The molecule has 0 saturated carbocycles. The number of carbonyl (C=O) groups excluding carboxylic acids is 1. The number of carbonyl (C=O) groups is 1. The molecule has 0 aliphatic carbocycles. The summed E-state index contributed by atoms with van der Waals surface area (Å²) in [6.07, 6.45) is 3.44. The minimum atomic E-state index is 0.00183. The Labute approximate surface area is 172 Å². The Bertz CT molecular complexity index is 1110. The van der Waals surface area contributed by atoms with E-state index in [4.69, 9.17) is 4.74 Å². The van der Waals surface area contributed by atoms with Gasteiger partial charge in [0.15, 0.2) is 16.8 Å². The molecule has 0 bridgehead atoms. The van der Waals surface area contributed by atoms with Gasteiger partial charge in [0, 0.05) is 29.2 Å². The van der Waals surface area contributed by atoms with E-state index < -0.39 is 0 Å². The van der Waals surface area contributed by atoms with Gasteiger partial charge in [-0.1, -0.05) is 42.1 Å². The van der Waals surface area contributed by atoms with Crippen molar-refractivity contribution in [3.63, 3.8) is 0 Å². The van der Waals surface area contributed by atoms with Crippen LogP contribution in [0.4, 0.5) is 0 Å². The number of benzene rings is 2. The van der Waals surface area contributed by atoms with Crippen molar-refractivity contribution >= 4 is 17.5 Å². The summed E-state index contributed by atoms with van der Waals surface area (Å²) < 4.78 is 7.16. The Morgan fingerprint density at radius 3 is 2.55 bits per heavy atom. The van der Waals surface area contributed by atoms with Gasteiger partial charge in [-0.05, 0) is 36.4 Å². The summed E-state index contributed by atoms with van der Waals surface area (Å²) in [4.78, 5) is 16.7. The number of methoxy groups -OCH3 is 1. The summed E-state index contributed by atoms with van der Waals surface area (Å²) in [6.45, 7) is 0. The van der Waals surface area contributed by atoms with Gasteiger partial charge in [0.2, 0.25) is 0 Å². The van der Waals surface area contributed by atoms with Crippen LogP contribution in [0.25, 0.3) is 17.1 Å². The second-order valence-corrected chi connectivity index (χ2v) is 7.10. The van der Waals surface area contributed by atoms with Crippen molar-refractivity contribution in [2.45, 2.75) is 5.16 Å². The molecule has 0 radical (unpaired) electrons. The maximum Gasteiger partial charge on any atom is 0.196 e. The van der Waals surface area contributed by atoms with Gasteiger partial charge in [-0.2, -0.15) is 0 Å². The molecule has 2 aromatic heterocycles. The molecule has 0 fully saturated rings. The summed E-state index contributed by atoms with van der Waals surface area (Å²) in [7, 11) is 1.58. The average molecular weight is 402 g/mol. The molecule has 4 aromatic rings. The Morgan fingerprint density at radius 2 is 1.79 bits per heavy atom. The highest BCUT2D eigenvalue weighted by Crippen LogP contribution is 2.28. The highest BCUT2D eigenvalue weighted by atomic mass is 32.2. The van der Waals surface area contributed by atoms with Crippen LogP contribution in [-0.4, -0.2) is 38.4 Å². The Morgan fingerprint density at radius 1 is 1.00 bits per heavy atom. The zero-order chi connectivity index (χ0) is 20.1. The van der Waals surface area contributed by atoms with Gasteiger partial charge in [-0.3, -0.25) is 14.3 Å². The van der Waals surface area contributed by atoms with Crippen LogP contribution >= 0.6 is 11.8 Å². The predicted molar refractivity (Wildman–Crippen MR) is 113 cm³/mol. The molecule has 0 saturated heterocycles. The van der Waals surface area contributed by atoms with Crippen LogP contribution < -0.4 is 4.74 Å². The molecule has 0 unspecified atom stereocenters. The van der Waals surface area contributed by atoms with Crippen molar-refractivity contribution in [3.8, 4) is 22.8 Å². The van der Waals surface area contributed by atoms with Crippen LogP contribution in [0, 0.1) is 0 Å². The SMILES string of the molecule is COc1cccc(C(=O)CSc2nnc(-c3ccncc3)n2-c2ccccc2)c1. The minimum Gasteiger partial charge on any atom is -0.497 e. The fourth-order valence-corrected chi connectivity index (χ4v) is 3.72. The van der Waals surface area contributed by atoms with E-state index in [0.29, 0.717) is 22.3 Å². The van der Waals surface area contributed by atoms with Gasteiger partial charge in [-0.25, -0.2) is 0 Å². The molecule has 144 valence electrons. The van der Waals surface area contributed by atoms with Gasteiger partial charge in [0.1, 0.15) is 5.75 Å². The fraction of sp³-hybridized carbons (Fsp3) is 0.0909. The van der Waals surface area contributed by atoms with Crippen LogP contribution in [0.1, 0.15) is 10.4 Å². The maximum atomic E-state index is 12.7. The number of hydrogen-bond donors (Lipinski definition) is 0. The van der Waals surface area contributed by atoms with Crippen LogP contribution in [0.2, 0.25) is 0 Å². The minimum absolute atomic E-state index is 0.00183. The zero-order valence-corrected chi connectivity index (χ0v) is 16.5. The monoisotopic (exact) mass is 402 g/mol. The molecule has 6 nitrogen and oxygen atoms in total. The molecule has 7 heteroatoms. The van der Waals surface area contributed by atoms with E-state index >= 15 is 0 Å². The molecule has 0 aliphatic heterocycles. The number of hydrogen-bond acceptors (Lipinski definition) is 6. The number of ether oxygens (including phenoxy) is 1. The number of rotatable bonds is 7. The van der Waals surface area contributed by atoms with Crippen molar-refractivity contribution in [1.29, 1.82) is 0 Å². The quantitative estimate of drug-likeness (QED) is 0.339. The molecule has 4 rings (SSSR count). The van der Waals surface area contributed by atoms with Crippen molar-refractivity contribution in [3.05, 3.63) is 84.7 Å². The van der Waals surface area contributed by atoms with Gasteiger partial charge in [0.05, 0.1) is 12.9 Å². The molecule has 2 heterocycles. The van der Waals surface area contributed by atoms with E-state index in [2.05, 4.69) is 15.2 Å². The third kappa shape index (κ3) is 4.20. The topological polar surface area (TPSA) is 69.9 Å². The summed E-state index contributed by atoms with van der Waals surface area (Å²) in [5.41, 5.74) is 2.44. The van der Waals surface area contributed by atoms with E-state index in [0.717, 1.165) is 11.3 Å². The molecule has 29 heavy (non-hydrogen) atoms. The van der Waals surface area contributed by atoms with Crippen LogP contribution in [0.5, 0.6) is 5.75 Å². The van der Waals surface area contributed by atoms with E-state index in [9.17, 15) is 4.79 Å². The van der Waals surface area contributed by atoms with Gasteiger partial charge < -0.3 is 4.74 Å². The second kappa shape index (κ2) is 8.70. The van der Waals surface area contributed by atoms with Gasteiger partial charge in [0.25, 0.3) is 0 Å². The summed E-state index contributed by atoms with van der Waals surface area (Å²) in [5.74, 6) is 1.61. The first-order chi connectivity index (χ1) is 14.3. The Balaban J connectivity index is 1.64. The Kier molecular flexibility index (Phi) is 5.67. The van der Waals surface area contributed by atoms with Gasteiger partial charge >= 0.3 is 0 Å². The normalized spacial score (nSPS) is 10.7. The number of ketones is 1. The summed E-state index contributed by atoms with van der Waals surface area (Å²) in [6, 6.07) is 20.8. The molecular weight excluding hydrogens is 384 g/mol. The molecule has 0 spiro atoms. The zero-order valence-electron chi connectivity index (χ0n) is 15.7. The highest BCUT2D eigenvalue weighted by molar-refractivity contribution is 7.99. The first kappa shape index (κ1) is 18.9. The number of Topliss-reactive ketones (excluding diaryl/α,β-unsaturated/α-hetero) is 1. The van der Waals surface area contributed by atoms with Crippen molar-refractivity contribution in [2.24, 2.45) is 0 Å². The third-order valence-electron chi connectivity index (χ3n) is 4.31. The van der Waals surface area contributed by atoms with Crippen LogP contribution in [0.3, 0.4) is 0 Å². The van der Waals surface area contributed by atoms with E-state index in [1.54, 1.807) is 31.6 Å². The van der Waals surface area contributed by atoms with Crippen LogP contribution in [-0.2, 0) is 0 Å². The average Bonchev–Trinajstić information content (AvgIpc) is 3.22. The summed E-state index contributed by atoms with van der Waals surface area (Å²) >= 11 is 1.36. The second-order valence-electron chi connectivity index (χ2n) is 6.16. The number of nitrogens with zero attached hydrogens (tertiary/aromatic N) is 4. The molecular formula is C22H18N4O2S. The molecule has 0 N–H and O–H groups in total. The fourth-order valence-electron chi connectivity index (χ4n) is 2.87. The molecule has 0 atom stereocenters. The highest BCUT2D eigenvalue weighted by Gasteiger charge is 2.17. The van der Waals surface area contributed by atoms with E-state index in [1.807, 2.05) is 59.2 Å². The molecule has 0 aliphatic rings. The molecule has 0 amide bonds. The third-order valence-corrected chi connectivity index (χ3v) is 5.24. The van der Waals surface area contributed by atoms with Crippen molar-refractivity contribution < 1.29 is 9.53 Å². The number of thioether (sulfide) groups is 1. The number of pyridine rings is 1. The lowest BCUT2D eigenvalue weighted by Crippen LogP contribution is -2.05. The predicted octanol–water partition coefficient (Wildman–Crippen LogP) is 4.31. The maximum absolute atomic E-state index is 12.7. The Hall–Kier alpha value is -3.45. The lowest BCUT2D eigenvalue weighted by atomic mass is 10.1. The summed E-state index contributed by atoms with van der Waals surface area (Å²) in [5, 5.41) is 9.37. The van der Waals surface area contributed by atoms with Gasteiger partial charge in [-0.15, -0.1) is 10.2 Å². The van der Waals surface area contributed by atoms with E-state index in [1.165, 1.54) is 11.8 Å². The van der Waals surface area contributed by atoms with Crippen molar-refractivity contribution in [1.82, 2.24) is 19.7 Å². The first-order valence-electron chi connectivity index (χ1n) is 8.97. The number of para-hydroxylation sites is 1. The van der Waals surface area contributed by atoms with Crippen molar-refractivity contribution in [2.75, 3.05) is 12.9 Å².